The molecule has 0 aromatic rings. The molecule has 5 nitrogen and oxygen atoms in total. The number of hydrogen-bond donors (Lipinski definition) is 2. The van der Waals surface area contributed by atoms with Crippen LogP contribution in [0.15, 0.2) is 0 Å². The molecule has 1 saturated heterocycles. The number of nitrogens with one attached hydrogen (secondary N) is 1. The molecule has 0 saturated carbocycles. The van der Waals surface area contributed by atoms with E-state index >= 15 is 0 Å². The molecular formula is C12H24ClN3O2. The molecule has 1 aliphatic heterocycles. The van der Waals surface area contributed by atoms with Crippen molar-refractivity contribution in [2.24, 2.45) is 11.7 Å². The minimum Gasteiger partial charge on any atom is -0.355 e. The highest BCUT2D eigenvalue weighted by molar-refractivity contribution is 5.85. The second kappa shape index (κ2) is 8.32. The first kappa shape index (κ1) is 17.2. The molecule has 106 valence electrons. The lowest BCUT2D eigenvalue weighted by molar-refractivity contribution is -0.127. The zero-order valence-corrected chi connectivity index (χ0v) is 12.0. The fraction of sp³-hybridized carbons (Fsp3) is 0.833. The maximum absolute atomic E-state index is 11.5. The van der Waals surface area contributed by atoms with Crippen LogP contribution in [0, 0.1) is 5.92 Å². The Kier molecular flexibility index (Phi) is 7.95. The van der Waals surface area contributed by atoms with Gasteiger partial charge in [-0.15, -0.1) is 12.4 Å². The van der Waals surface area contributed by atoms with E-state index in [2.05, 4.69) is 5.32 Å². The summed E-state index contributed by atoms with van der Waals surface area (Å²) in [6.07, 6.45) is 2.43. The number of carbonyl (C=O) groups excluding carboxylic acids is 2. The predicted molar refractivity (Wildman–Crippen MR) is 73.5 cm³/mol. The van der Waals surface area contributed by atoms with Crippen LogP contribution in [0.2, 0.25) is 0 Å². The summed E-state index contributed by atoms with van der Waals surface area (Å²) in [5, 5.41) is 2.80. The summed E-state index contributed by atoms with van der Waals surface area (Å²) in [6.45, 7) is 6.03. The van der Waals surface area contributed by atoms with E-state index in [1.54, 1.807) is 0 Å². The van der Waals surface area contributed by atoms with E-state index in [1.165, 1.54) is 0 Å². The maximum atomic E-state index is 11.5. The van der Waals surface area contributed by atoms with Gasteiger partial charge in [-0.05, 0) is 18.8 Å². The van der Waals surface area contributed by atoms with Crippen LogP contribution in [0.25, 0.3) is 0 Å². The molecule has 6 heteroatoms. The normalized spacial score (nSPS) is 16.7. The molecule has 18 heavy (non-hydrogen) atoms. The van der Waals surface area contributed by atoms with Crippen molar-refractivity contribution < 1.29 is 9.59 Å². The lowest BCUT2D eigenvalue weighted by atomic mass is 10.1. The van der Waals surface area contributed by atoms with Gasteiger partial charge in [0.05, 0.1) is 6.04 Å². The average Bonchev–Trinajstić information content (AvgIpc) is 2.69. The zero-order chi connectivity index (χ0) is 12.8. The molecule has 1 fully saturated rings. The number of carbonyl (C=O) groups is 2. The van der Waals surface area contributed by atoms with Crippen LogP contribution in [0.5, 0.6) is 0 Å². The van der Waals surface area contributed by atoms with E-state index in [-0.39, 0.29) is 30.1 Å². The third-order valence-electron chi connectivity index (χ3n) is 3.10. The van der Waals surface area contributed by atoms with Gasteiger partial charge < -0.3 is 16.0 Å². The average molecular weight is 278 g/mol. The summed E-state index contributed by atoms with van der Waals surface area (Å²) >= 11 is 0. The van der Waals surface area contributed by atoms with E-state index in [1.807, 2.05) is 18.7 Å². The summed E-state index contributed by atoms with van der Waals surface area (Å²) in [7, 11) is 0. The van der Waals surface area contributed by atoms with Gasteiger partial charge in [-0.2, -0.15) is 0 Å². The fourth-order valence-corrected chi connectivity index (χ4v) is 1.84. The van der Waals surface area contributed by atoms with Crippen molar-refractivity contribution in [3.63, 3.8) is 0 Å². The Bertz CT molecular complexity index is 284. The molecule has 0 bridgehead atoms. The molecule has 1 heterocycles. The second-order valence-corrected chi connectivity index (χ2v) is 4.90. The largest absolute Gasteiger partial charge is 0.355 e. The Hall–Kier alpha value is -0.810. The molecule has 0 radical (unpaired) electrons. The number of likely N-dealkylation sites (tertiary alicyclic amines) is 1. The fourth-order valence-electron chi connectivity index (χ4n) is 1.84. The lowest BCUT2D eigenvalue weighted by Crippen LogP contribution is -2.44. The molecule has 0 aliphatic carbocycles. The number of nitrogens with two attached hydrogens (primary N) is 1. The zero-order valence-electron chi connectivity index (χ0n) is 11.1. The summed E-state index contributed by atoms with van der Waals surface area (Å²) in [6, 6.07) is -0.441. The van der Waals surface area contributed by atoms with Gasteiger partial charge in [0.2, 0.25) is 11.8 Å². The van der Waals surface area contributed by atoms with Crippen molar-refractivity contribution in [3.8, 4) is 0 Å². The van der Waals surface area contributed by atoms with E-state index in [4.69, 9.17) is 5.73 Å². The van der Waals surface area contributed by atoms with Crippen LogP contribution in [-0.2, 0) is 9.59 Å². The molecule has 0 spiro atoms. The Balaban J connectivity index is 0.00000289. The highest BCUT2D eigenvalue weighted by Gasteiger charge is 2.20. The van der Waals surface area contributed by atoms with Crippen LogP contribution >= 0.6 is 12.4 Å². The first-order valence-corrected chi connectivity index (χ1v) is 6.33. The van der Waals surface area contributed by atoms with Crippen molar-refractivity contribution in [2.45, 2.75) is 39.2 Å². The predicted octanol–water partition coefficient (Wildman–Crippen LogP) is 0.520. The van der Waals surface area contributed by atoms with Crippen LogP contribution in [0.4, 0.5) is 0 Å². The molecule has 0 aromatic heterocycles. The lowest BCUT2D eigenvalue weighted by Gasteiger charge is -2.17. The van der Waals surface area contributed by atoms with Crippen molar-refractivity contribution in [1.29, 1.82) is 0 Å². The molecule has 0 aromatic carbocycles. The number of nitrogens with zero attached hydrogens (tertiary/aromatic N) is 1. The Morgan fingerprint density at radius 3 is 2.67 bits per heavy atom. The topological polar surface area (TPSA) is 75.4 Å². The third kappa shape index (κ3) is 5.23. The molecule has 3 N–H and O–H groups in total. The second-order valence-electron chi connectivity index (χ2n) is 4.90. The highest BCUT2D eigenvalue weighted by Crippen LogP contribution is 2.09. The van der Waals surface area contributed by atoms with Crippen LogP contribution in [-0.4, -0.2) is 42.4 Å². The molecule has 1 rings (SSSR count). The van der Waals surface area contributed by atoms with Crippen molar-refractivity contribution in [2.75, 3.05) is 19.6 Å². The first-order chi connectivity index (χ1) is 8.02. The summed E-state index contributed by atoms with van der Waals surface area (Å²) in [5.41, 5.74) is 5.71. The summed E-state index contributed by atoms with van der Waals surface area (Å²) < 4.78 is 0. The summed E-state index contributed by atoms with van der Waals surface area (Å²) in [5.74, 6) is 0.276. The monoisotopic (exact) mass is 277 g/mol. The van der Waals surface area contributed by atoms with Gasteiger partial charge in [0.15, 0.2) is 0 Å². The van der Waals surface area contributed by atoms with Gasteiger partial charge in [-0.25, -0.2) is 0 Å². The van der Waals surface area contributed by atoms with Gasteiger partial charge in [-0.3, -0.25) is 9.59 Å². The van der Waals surface area contributed by atoms with Crippen molar-refractivity contribution >= 4 is 24.2 Å². The summed E-state index contributed by atoms with van der Waals surface area (Å²) in [4.78, 5) is 24.7. The minimum absolute atomic E-state index is 0. The first-order valence-electron chi connectivity index (χ1n) is 6.33. The smallest absolute Gasteiger partial charge is 0.237 e. The van der Waals surface area contributed by atoms with E-state index in [0.717, 1.165) is 25.9 Å². The molecular weight excluding hydrogens is 254 g/mol. The highest BCUT2D eigenvalue weighted by atomic mass is 35.5. The van der Waals surface area contributed by atoms with Gasteiger partial charge >= 0.3 is 0 Å². The van der Waals surface area contributed by atoms with Gasteiger partial charge in [0, 0.05) is 26.1 Å². The van der Waals surface area contributed by atoms with Crippen molar-refractivity contribution in [3.05, 3.63) is 0 Å². The van der Waals surface area contributed by atoms with Crippen LogP contribution in [0.3, 0.4) is 0 Å². The Morgan fingerprint density at radius 1 is 1.50 bits per heavy atom. The van der Waals surface area contributed by atoms with Gasteiger partial charge in [-0.1, -0.05) is 13.8 Å². The third-order valence-corrected chi connectivity index (χ3v) is 3.10. The number of hydrogen-bond acceptors (Lipinski definition) is 3. The van der Waals surface area contributed by atoms with Crippen LogP contribution < -0.4 is 11.1 Å². The van der Waals surface area contributed by atoms with E-state index in [9.17, 15) is 9.59 Å². The van der Waals surface area contributed by atoms with E-state index < -0.39 is 6.04 Å². The molecule has 1 atom stereocenters. The standard InChI is InChI=1S/C12H23N3O2.ClH/c1-9(2)11(13)12(17)14-6-4-8-15-7-3-5-10(15)16;/h9,11H,3-8,13H2,1-2H3,(H,14,17);1H/t11-;/m0./s1. The Labute approximate surface area is 115 Å². The van der Waals surface area contributed by atoms with Crippen LogP contribution in [0.1, 0.15) is 33.1 Å². The van der Waals surface area contributed by atoms with Gasteiger partial charge in [0.1, 0.15) is 0 Å². The maximum Gasteiger partial charge on any atom is 0.237 e. The number of rotatable bonds is 6. The molecule has 0 unspecified atom stereocenters. The molecule has 1 aliphatic rings. The Morgan fingerprint density at radius 2 is 2.17 bits per heavy atom. The van der Waals surface area contributed by atoms with Crippen molar-refractivity contribution in [1.82, 2.24) is 10.2 Å². The molecule has 2 amide bonds. The SMILES string of the molecule is CC(C)[C@H](N)C(=O)NCCCN1CCCC1=O.Cl. The minimum atomic E-state index is -0.441. The van der Waals surface area contributed by atoms with Gasteiger partial charge in [0.25, 0.3) is 0 Å². The number of halogens is 1. The number of amides is 2. The quantitative estimate of drug-likeness (QED) is 0.695. The van der Waals surface area contributed by atoms with E-state index in [0.29, 0.717) is 13.0 Å².